The molecule has 0 saturated heterocycles. The van der Waals surface area contributed by atoms with Crippen molar-refractivity contribution in [3.8, 4) is 17.0 Å². The molecule has 0 aliphatic carbocycles. The summed E-state index contributed by atoms with van der Waals surface area (Å²) in [6, 6.07) is 26.0. The predicted molar refractivity (Wildman–Crippen MR) is 197 cm³/mol. The smallest absolute Gasteiger partial charge is 0.250 e. The molecule has 0 bridgehead atoms. The number of aromatic nitrogens is 2. The molecule has 0 fully saturated rings. The van der Waals surface area contributed by atoms with Crippen LogP contribution in [0.2, 0.25) is 36.3 Å². The van der Waals surface area contributed by atoms with Gasteiger partial charge in [0.25, 0.3) is 0 Å². The van der Waals surface area contributed by atoms with Gasteiger partial charge in [-0.25, -0.2) is 9.97 Å². The molecule has 3 aromatic carbocycles. The lowest BCUT2D eigenvalue weighted by Crippen LogP contribution is -2.43. The summed E-state index contributed by atoms with van der Waals surface area (Å²) < 4.78 is 6.46. The third-order valence-corrected chi connectivity index (χ3v) is 17.2. The van der Waals surface area contributed by atoms with Crippen molar-refractivity contribution in [1.29, 1.82) is 0 Å². The molecule has 242 valence electrons. The number of hydrogen-bond acceptors (Lipinski definition) is 5. The summed E-state index contributed by atoms with van der Waals surface area (Å²) in [7, 11) is -4.27. The van der Waals surface area contributed by atoms with E-state index < -0.39 is 16.6 Å². The van der Waals surface area contributed by atoms with Crippen LogP contribution in [0.4, 0.5) is 5.82 Å². The molecule has 2 N–H and O–H groups in total. The zero-order valence-electron chi connectivity index (χ0n) is 28.8. The second-order valence-corrected chi connectivity index (χ2v) is 24.0. The van der Waals surface area contributed by atoms with Crippen LogP contribution in [0.15, 0.2) is 85.1 Å². The first kappa shape index (κ1) is 35.0. The van der Waals surface area contributed by atoms with Gasteiger partial charge in [0.15, 0.2) is 14.1 Å². The third-order valence-electron chi connectivity index (χ3n) is 9.31. The molecule has 0 aliphatic heterocycles. The number of carbonyl (C=O) groups is 1. The Labute approximate surface area is 277 Å². The van der Waals surface area contributed by atoms with E-state index in [4.69, 9.17) is 9.41 Å². The topological polar surface area (TPSA) is 84.3 Å². The van der Waals surface area contributed by atoms with Gasteiger partial charge in [0.2, 0.25) is 14.2 Å². The number of anilines is 1. The number of nitrogens with zero attached hydrogens (tertiary/aromatic N) is 2. The second-order valence-electron chi connectivity index (χ2n) is 14.8. The van der Waals surface area contributed by atoms with Gasteiger partial charge < -0.3 is 14.5 Å². The zero-order chi connectivity index (χ0) is 33.8. The lowest BCUT2D eigenvalue weighted by atomic mass is 10.00. The Morgan fingerprint density at radius 2 is 1.46 bits per heavy atom. The minimum absolute atomic E-state index is 0.108. The van der Waals surface area contributed by atoms with Crippen molar-refractivity contribution in [3.63, 3.8) is 0 Å². The van der Waals surface area contributed by atoms with Gasteiger partial charge in [-0.15, -0.1) is 0 Å². The van der Waals surface area contributed by atoms with Crippen LogP contribution < -0.4 is 9.74 Å². The van der Waals surface area contributed by atoms with Crippen LogP contribution in [-0.4, -0.2) is 37.3 Å². The van der Waals surface area contributed by atoms with E-state index in [2.05, 4.69) is 70.1 Å². The first-order chi connectivity index (χ1) is 21.4. The molecule has 4 rings (SSSR count). The molecule has 1 heterocycles. The van der Waals surface area contributed by atoms with E-state index in [0.29, 0.717) is 17.2 Å². The molecule has 0 aliphatic rings. The molecule has 8 heteroatoms. The highest BCUT2D eigenvalue weighted by atomic mass is 28.4. The van der Waals surface area contributed by atoms with Gasteiger partial charge in [0.1, 0.15) is 11.4 Å². The van der Waals surface area contributed by atoms with Crippen LogP contribution in [0, 0.1) is 0 Å². The summed E-state index contributed by atoms with van der Waals surface area (Å²) in [4.78, 5) is 33.4. The molecule has 1 amide bonds. The van der Waals surface area contributed by atoms with Crippen LogP contribution in [-0.2, 0) is 17.6 Å². The highest BCUT2D eigenvalue weighted by molar-refractivity contribution is 6.74. The van der Waals surface area contributed by atoms with Gasteiger partial charge in [0, 0.05) is 5.56 Å². The maximum Gasteiger partial charge on any atom is 0.250 e. The van der Waals surface area contributed by atoms with E-state index in [-0.39, 0.29) is 22.4 Å². The van der Waals surface area contributed by atoms with Gasteiger partial charge in [-0.05, 0) is 89.7 Å². The minimum Gasteiger partial charge on any atom is -0.544 e. The number of rotatable bonds is 11. The van der Waals surface area contributed by atoms with E-state index >= 15 is 0 Å². The predicted octanol–water partition coefficient (Wildman–Crippen LogP) is 9.40. The number of hydrogen-bond donors (Lipinski definition) is 2. The molecular weight excluding hydrogens is 603 g/mol. The van der Waals surface area contributed by atoms with Gasteiger partial charge in [-0.3, -0.25) is 4.79 Å². The molecule has 4 aromatic rings. The second kappa shape index (κ2) is 13.9. The van der Waals surface area contributed by atoms with Gasteiger partial charge >= 0.3 is 0 Å². The molecule has 0 unspecified atom stereocenters. The lowest BCUT2D eigenvalue weighted by Gasteiger charge is -2.36. The minimum atomic E-state index is -2.32. The average molecular weight is 652 g/mol. The normalized spacial score (nSPS) is 12.7. The summed E-state index contributed by atoms with van der Waals surface area (Å²) in [5.74, 6) is 1.10. The highest BCUT2D eigenvalue weighted by Crippen LogP contribution is 2.39. The Morgan fingerprint density at radius 1 is 0.848 bits per heavy atom. The zero-order valence-corrected chi connectivity index (χ0v) is 30.8. The quantitative estimate of drug-likeness (QED) is 0.158. The fourth-order valence-electron chi connectivity index (χ4n) is 4.50. The van der Waals surface area contributed by atoms with Crippen molar-refractivity contribution in [1.82, 2.24) is 9.97 Å². The van der Waals surface area contributed by atoms with Crippen LogP contribution >= 0.6 is 0 Å². The number of amides is 1. The maximum absolute atomic E-state index is 13.2. The molecule has 0 spiro atoms. The Balaban J connectivity index is 1.53. The van der Waals surface area contributed by atoms with E-state index in [1.54, 1.807) is 6.20 Å². The lowest BCUT2D eigenvalue weighted by molar-refractivity contribution is -0.115. The first-order valence-corrected chi connectivity index (χ1v) is 21.8. The summed E-state index contributed by atoms with van der Waals surface area (Å²) in [6.07, 6.45) is 6.56. The molecule has 6 nitrogen and oxygen atoms in total. The SMILES string of the molecule is CC(C)(Cc1ccc(CC(=O)Nc2ncc(-c3ccc(O[Si](C)(C)C(C)(C)C)cc3)nc2/C=C\c2ccccc2)cc1)[Si](C)(C)O. The van der Waals surface area contributed by atoms with Gasteiger partial charge in [0.05, 0.1) is 18.3 Å². The Morgan fingerprint density at radius 3 is 2.04 bits per heavy atom. The van der Waals surface area contributed by atoms with Crippen LogP contribution in [0.25, 0.3) is 23.4 Å². The van der Waals surface area contributed by atoms with Crippen LogP contribution in [0.1, 0.15) is 57.0 Å². The van der Waals surface area contributed by atoms with E-state index in [0.717, 1.165) is 34.4 Å². The molecule has 0 atom stereocenters. The van der Waals surface area contributed by atoms with Gasteiger partial charge in [-0.1, -0.05) is 95.3 Å². The monoisotopic (exact) mass is 651 g/mol. The largest absolute Gasteiger partial charge is 0.544 e. The van der Waals surface area contributed by atoms with E-state index in [1.807, 2.05) is 92.0 Å². The van der Waals surface area contributed by atoms with Crippen molar-refractivity contribution >= 4 is 40.5 Å². The van der Waals surface area contributed by atoms with Gasteiger partial charge in [-0.2, -0.15) is 0 Å². The molecule has 1 aromatic heterocycles. The summed E-state index contributed by atoms with van der Waals surface area (Å²) in [6.45, 7) is 19.4. The Bertz CT molecular complexity index is 1650. The fraction of sp³-hybridized carbons (Fsp3) is 0.342. The summed E-state index contributed by atoms with van der Waals surface area (Å²) in [5.41, 5.74) is 5.28. The molecule has 0 radical (unpaired) electrons. The van der Waals surface area contributed by atoms with Crippen molar-refractivity contribution in [2.75, 3.05) is 5.32 Å². The van der Waals surface area contributed by atoms with Crippen LogP contribution in [0.3, 0.4) is 0 Å². The Kier molecular flexibility index (Phi) is 10.6. The van der Waals surface area contributed by atoms with Crippen molar-refractivity contribution < 1.29 is 14.0 Å². The molecule has 0 saturated carbocycles. The fourth-order valence-corrected chi connectivity index (χ4v) is 6.17. The summed E-state index contributed by atoms with van der Waals surface area (Å²) in [5, 5.41) is 2.95. The number of carbonyl (C=O) groups excluding carboxylic acids is 1. The average Bonchev–Trinajstić information content (AvgIpc) is 2.97. The van der Waals surface area contributed by atoms with E-state index in [9.17, 15) is 9.59 Å². The standard InChI is InChI=1S/C38H49N3O3Si2/c1-37(2,3)46(8,9)44-32-22-20-31(21-23-32)34-27-39-36(33(40-34)24-19-28-13-11-10-12-14-28)41-35(42)25-29-15-17-30(18-16-29)26-38(4,5)45(6,7)43/h10-24,27,43H,25-26H2,1-9H3,(H,39,41,42)/b24-19-. The summed E-state index contributed by atoms with van der Waals surface area (Å²) >= 11 is 0. The van der Waals surface area contributed by atoms with E-state index in [1.165, 1.54) is 0 Å². The van der Waals surface area contributed by atoms with Crippen molar-refractivity contribution in [2.24, 2.45) is 0 Å². The van der Waals surface area contributed by atoms with Crippen LogP contribution in [0.5, 0.6) is 5.75 Å². The van der Waals surface area contributed by atoms with Crippen molar-refractivity contribution in [2.45, 2.75) is 83.7 Å². The first-order valence-electron chi connectivity index (χ1n) is 15.9. The maximum atomic E-state index is 13.2. The Hall–Kier alpha value is -3.86. The number of nitrogens with one attached hydrogen (secondary N) is 1. The highest BCUT2D eigenvalue weighted by Gasteiger charge is 2.39. The molecule has 46 heavy (non-hydrogen) atoms. The molecular formula is C38H49N3O3Si2. The third kappa shape index (κ3) is 9.12. The van der Waals surface area contributed by atoms with Crippen molar-refractivity contribution in [3.05, 3.63) is 107 Å². The number of benzene rings is 3.